The summed E-state index contributed by atoms with van der Waals surface area (Å²) in [5.74, 6) is 0.361. The number of rotatable bonds is 7. The maximum atomic E-state index is 13.6. The molecule has 0 fully saturated rings. The molecule has 8 heteroatoms. The number of aromatic nitrogens is 2. The van der Waals surface area contributed by atoms with Crippen LogP contribution >= 0.6 is 0 Å². The lowest BCUT2D eigenvalue weighted by Gasteiger charge is -2.29. The largest absolute Gasteiger partial charge is 0.494 e. The van der Waals surface area contributed by atoms with E-state index in [1.165, 1.54) is 12.1 Å². The number of anilines is 1. The molecule has 0 spiro atoms. The average molecular weight is 466 g/mol. The van der Waals surface area contributed by atoms with Gasteiger partial charge in [-0.25, -0.2) is 13.9 Å². The number of likely N-dealkylation sites (N-methyl/N-ethyl adjacent to an activating group) is 1. The lowest BCUT2D eigenvalue weighted by molar-refractivity contribution is 0.192. The van der Waals surface area contributed by atoms with Crippen LogP contribution in [-0.4, -0.2) is 51.9 Å². The molecule has 0 saturated carbocycles. The zero-order valence-electron chi connectivity index (χ0n) is 20.2. The number of nitrogens with zero attached hydrogens (tertiary/aromatic N) is 4. The van der Waals surface area contributed by atoms with E-state index < -0.39 is 5.82 Å². The van der Waals surface area contributed by atoms with E-state index in [-0.39, 0.29) is 12.1 Å². The molecule has 2 aromatic carbocycles. The monoisotopic (exact) mass is 465 g/mol. The fourth-order valence-electron chi connectivity index (χ4n) is 4.35. The van der Waals surface area contributed by atoms with Crippen molar-refractivity contribution < 1.29 is 13.9 Å². The van der Waals surface area contributed by atoms with Crippen LogP contribution in [0.1, 0.15) is 37.7 Å². The summed E-state index contributed by atoms with van der Waals surface area (Å²) in [5, 5.41) is 7.82. The van der Waals surface area contributed by atoms with Crippen molar-refractivity contribution >= 4 is 11.7 Å². The second-order valence-electron chi connectivity index (χ2n) is 8.74. The van der Waals surface area contributed by atoms with Crippen molar-refractivity contribution in [3.8, 4) is 11.4 Å². The van der Waals surface area contributed by atoms with Crippen LogP contribution in [0, 0.1) is 5.82 Å². The van der Waals surface area contributed by atoms with Crippen LogP contribution in [0.15, 0.2) is 48.5 Å². The highest BCUT2D eigenvalue weighted by molar-refractivity contribution is 5.89. The number of nitrogens with one attached hydrogen (secondary N) is 1. The van der Waals surface area contributed by atoms with Crippen molar-refractivity contribution in [1.82, 2.24) is 19.6 Å². The standard InChI is InChI=1S/C26H32FN5O2/c1-5-30-14-13-23-21(16-30)22(29-32(23)24-11-6-7-12-25(24)34-4)17-31(18(2)3)26(33)28-20-10-8-9-19(27)15-20/h6-12,15,18H,5,13-14,16-17H2,1-4H3,(H,28,33). The van der Waals surface area contributed by atoms with Gasteiger partial charge in [0.2, 0.25) is 0 Å². The molecule has 0 aliphatic carbocycles. The second-order valence-corrected chi connectivity index (χ2v) is 8.74. The number of methoxy groups -OCH3 is 1. The SMILES string of the molecule is CCN1CCc2c(c(CN(C(=O)Nc3cccc(F)c3)C(C)C)nn2-c2ccccc2OC)C1. The second kappa shape index (κ2) is 10.3. The number of hydrogen-bond donors (Lipinski definition) is 1. The molecule has 180 valence electrons. The average Bonchev–Trinajstić information content (AvgIpc) is 3.19. The molecule has 0 bridgehead atoms. The summed E-state index contributed by atoms with van der Waals surface area (Å²) in [4.78, 5) is 17.3. The number of amides is 2. The van der Waals surface area contributed by atoms with Crippen LogP contribution in [0.25, 0.3) is 5.69 Å². The third-order valence-corrected chi connectivity index (χ3v) is 6.26. The first-order valence-electron chi connectivity index (χ1n) is 11.7. The minimum atomic E-state index is -0.391. The molecular weight excluding hydrogens is 433 g/mol. The van der Waals surface area contributed by atoms with Crippen molar-refractivity contribution in [3.63, 3.8) is 0 Å². The zero-order chi connectivity index (χ0) is 24.2. The number of benzene rings is 2. The van der Waals surface area contributed by atoms with Crippen LogP contribution in [0.3, 0.4) is 0 Å². The number of halogens is 1. The molecule has 1 N–H and O–H groups in total. The molecule has 2 heterocycles. The van der Waals surface area contributed by atoms with Gasteiger partial charge >= 0.3 is 6.03 Å². The lowest BCUT2D eigenvalue weighted by Crippen LogP contribution is -2.40. The smallest absolute Gasteiger partial charge is 0.322 e. The number of urea groups is 1. The van der Waals surface area contributed by atoms with Gasteiger partial charge in [0.1, 0.15) is 17.3 Å². The van der Waals surface area contributed by atoms with Crippen molar-refractivity contribution in [2.24, 2.45) is 0 Å². The van der Waals surface area contributed by atoms with Gasteiger partial charge in [-0.15, -0.1) is 0 Å². The maximum Gasteiger partial charge on any atom is 0.322 e. The summed E-state index contributed by atoms with van der Waals surface area (Å²) in [7, 11) is 1.66. The van der Waals surface area contributed by atoms with E-state index in [0.717, 1.165) is 54.4 Å². The number of fused-ring (bicyclic) bond motifs is 1. The molecule has 0 saturated heterocycles. The minimum Gasteiger partial charge on any atom is -0.494 e. The molecule has 1 aromatic heterocycles. The first-order chi connectivity index (χ1) is 16.4. The summed E-state index contributed by atoms with van der Waals surface area (Å²) in [6.45, 7) is 9.13. The van der Waals surface area contributed by atoms with Gasteiger partial charge in [-0.2, -0.15) is 5.10 Å². The Hall–Kier alpha value is -3.39. The topological polar surface area (TPSA) is 62.6 Å². The number of carbonyl (C=O) groups excluding carboxylic acids is 1. The molecule has 7 nitrogen and oxygen atoms in total. The summed E-state index contributed by atoms with van der Waals surface area (Å²) in [5.41, 5.74) is 4.48. The van der Waals surface area contributed by atoms with Crippen LogP contribution in [0.2, 0.25) is 0 Å². The predicted octanol–water partition coefficient (Wildman–Crippen LogP) is 4.84. The Morgan fingerprint density at radius 3 is 2.74 bits per heavy atom. The van der Waals surface area contributed by atoms with Crippen LogP contribution in [0.4, 0.5) is 14.9 Å². The highest BCUT2D eigenvalue weighted by Crippen LogP contribution is 2.30. The molecule has 0 unspecified atom stereocenters. The van der Waals surface area contributed by atoms with Crippen molar-refractivity contribution in [1.29, 1.82) is 0 Å². The molecular formula is C26H32FN5O2. The van der Waals surface area contributed by atoms with Gasteiger partial charge in [0.25, 0.3) is 0 Å². The van der Waals surface area contributed by atoms with E-state index in [4.69, 9.17) is 9.84 Å². The van der Waals surface area contributed by atoms with Gasteiger partial charge in [0.05, 0.1) is 25.0 Å². The summed E-state index contributed by atoms with van der Waals surface area (Å²) in [6, 6.07) is 13.4. The molecule has 4 rings (SSSR count). The quantitative estimate of drug-likeness (QED) is 0.542. The van der Waals surface area contributed by atoms with E-state index in [0.29, 0.717) is 12.2 Å². The van der Waals surface area contributed by atoms with Crippen molar-refractivity contribution in [3.05, 3.63) is 71.3 Å². The molecule has 1 aliphatic heterocycles. The van der Waals surface area contributed by atoms with Crippen LogP contribution in [0.5, 0.6) is 5.75 Å². The van der Waals surface area contributed by atoms with Gasteiger partial charge < -0.3 is 15.0 Å². The Bertz CT molecular complexity index is 1160. The van der Waals surface area contributed by atoms with E-state index >= 15 is 0 Å². The van der Waals surface area contributed by atoms with Crippen molar-refractivity contribution in [2.75, 3.05) is 25.5 Å². The van der Waals surface area contributed by atoms with Gasteiger partial charge in [0.15, 0.2) is 0 Å². The lowest BCUT2D eigenvalue weighted by atomic mass is 10.0. The van der Waals surface area contributed by atoms with Gasteiger partial charge in [-0.05, 0) is 50.7 Å². The Morgan fingerprint density at radius 1 is 1.24 bits per heavy atom. The Morgan fingerprint density at radius 2 is 2.03 bits per heavy atom. The third-order valence-electron chi connectivity index (χ3n) is 6.26. The van der Waals surface area contributed by atoms with E-state index in [9.17, 15) is 9.18 Å². The highest BCUT2D eigenvalue weighted by Gasteiger charge is 2.28. The molecule has 1 aliphatic rings. The first kappa shape index (κ1) is 23.8. The summed E-state index contributed by atoms with van der Waals surface area (Å²) < 4.78 is 21.2. The Balaban J connectivity index is 1.69. The number of hydrogen-bond acceptors (Lipinski definition) is 4. The third kappa shape index (κ3) is 4.92. The number of carbonyl (C=O) groups is 1. The zero-order valence-corrected chi connectivity index (χ0v) is 20.2. The first-order valence-corrected chi connectivity index (χ1v) is 11.7. The van der Waals surface area contributed by atoms with Gasteiger partial charge in [0, 0.05) is 36.8 Å². The molecule has 0 atom stereocenters. The van der Waals surface area contributed by atoms with E-state index in [1.54, 1.807) is 24.1 Å². The fourth-order valence-corrected chi connectivity index (χ4v) is 4.35. The normalized spacial score (nSPS) is 13.6. The molecule has 2 amide bonds. The predicted molar refractivity (Wildman–Crippen MR) is 131 cm³/mol. The maximum absolute atomic E-state index is 13.6. The van der Waals surface area contributed by atoms with Gasteiger partial charge in [-0.1, -0.05) is 25.1 Å². The van der Waals surface area contributed by atoms with Crippen LogP contribution in [-0.2, 0) is 19.5 Å². The Kier molecular flexibility index (Phi) is 7.17. The molecule has 34 heavy (non-hydrogen) atoms. The fraction of sp³-hybridized carbons (Fsp3) is 0.385. The number of para-hydroxylation sites is 2. The molecule has 0 radical (unpaired) electrons. The van der Waals surface area contributed by atoms with Crippen molar-refractivity contribution in [2.45, 2.75) is 46.3 Å². The highest BCUT2D eigenvalue weighted by atomic mass is 19.1. The summed E-state index contributed by atoms with van der Waals surface area (Å²) >= 11 is 0. The van der Waals surface area contributed by atoms with Gasteiger partial charge in [-0.3, -0.25) is 4.90 Å². The van der Waals surface area contributed by atoms with E-state index in [1.807, 2.05) is 42.8 Å². The minimum absolute atomic E-state index is 0.0773. The molecule has 3 aromatic rings. The number of ether oxygens (including phenoxy) is 1. The van der Waals surface area contributed by atoms with Crippen LogP contribution < -0.4 is 10.1 Å². The summed E-state index contributed by atoms with van der Waals surface area (Å²) in [6.07, 6.45) is 0.866. The van der Waals surface area contributed by atoms with E-state index in [2.05, 4.69) is 17.1 Å². The Labute approximate surface area is 200 Å².